The van der Waals surface area contributed by atoms with Crippen LogP contribution in [0.1, 0.15) is 13.8 Å². The predicted molar refractivity (Wildman–Crippen MR) is 68.7 cm³/mol. The second-order valence-corrected chi connectivity index (χ2v) is 4.79. The summed E-state index contributed by atoms with van der Waals surface area (Å²) >= 11 is 5.71. The number of aliphatic carboxylic acids is 1. The second kappa shape index (κ2) is 6.99. The van der Waals surface area contributed by atoms with Crippen LogP contribution in [-0.2, 0) is 9.59 Å². The van der Waals surface area contributed by atoms with E-state index < -0.39 is 17.9 Å². The Labute approximate surface area is 116 Å². The van der Waals surface area contributed by atoms with Crippen LogP contribution in [0.4, 0.5) is 0 Å². The maximum atomic E-state index is 11.5. The zero-order valence-corrected chi connectivity index (χ0v) is 11.4. The highest BCUT2D eigenvalue weighted by Gasteiger charge is 2.17. The van der Waals surface area contributed by atoms with Crippen molar-refractivity contribution in [3.63, 3.8) is 0 Å². The maximum absolute atomic E-state index is 11.5. The van der Waals surface area contributed by atoms with Crippen molar-refractivity contribution in [2.45, 2.75) is 19.9 Å². The highest BCUT2D eigenvalue weighted by molar-refractivity contribution is 6.30. The van der Waals surface area contributed by atoms with Crippen molar-refractivity contribution in [1.82, 2.24) is 5.32 Å². The summed E-state index contributed by atoms with van der Waals surface area (Å²) in [6.07, 6.45) is 0. The Morgan fingerprint density at radius 3 is 2.37 bits per heavy atom. The molecule has 0 aliphatic heterocycles. The van der Waals surface area contributed by atoms with Crippen LogP contribution in [0.15, 0.2) is 24.3 Å². The van der Waals surface area contributed by atoms with Gasteiger partial charge >= 0.3 is 0 Å². The lowest BCUT2D eigenvalue weighted by atomic mass is 10.1. The molecule has 5 nitrogen and oxygen atoms in total. The molecule has 0 bridgehead atoms. The largest absolute Gasteiger partial charge is 0.548 e. The lowest BCUT2D eigenvalue weighted by Crippen LogP contribution is -2.51. The van der Waals surface area contributed by atoms with Gasteiger partial charge < -0.3 is 20.0 Å². The summed E-state index contributed by atoms with van der Waals surface area (Å²) in [6.45, 7) is 3.10. The monoisotopic (exact) mass is 284 g/mol. The Kier molecular flexibility index (Phi) is 5.63. The number of amides is 1. The molecule has 0 saturated heterocycles. The Bertz CT molecular complexity index is 444. The minimum atomic E-state index is -1.31. The average molecular weight is 285 g/mol. The minimum absolute atomic E-state index is 0.260. The topological polar surface area (TPSA) is 78.5 Å². The fourth-order valence-corrected chi connectivity index (χ4v) is 1.52. The molecule has 1 rings (SSSR count). The van der Waals surface area contributed by atoms with E-state index in [1.165, 1.54) is 0 Å². The number of benzene rings is 1. The Morgan fingerprint density at radius 2 is 1.89 bits per heavy atom. The number of halogens is 1. The highest BCUT2D eigenvalue weighted by atomic mass is 35.5. The molecule has 1 aromatic carbocycles. The van der Waals surface area contributed by atoms with Crippen molar-refractivity contribution in [1.29, 1.82) is 0 Å². The Morgan fingerprint density at radius 1 is 1.32 bits per heavy atom. The van der Waals surface area contributed by atoms with Gasteiger partial charge in [-0.1, -0.05) is 25.4 Å². The summed E-state index contributed by atoms with van der Waals surface area (Å²) in [5, 5.41) is 13.7. The van der Waals surface area contributed by atoms with Gasteiger partial charge in [-0.2, -0.15) is 0 Å². The first-order valence-corrected chi connectivity index (χ1v) is 6.16. The number of carboxylic acids is 1. The summed E-state index contributed by atoms with van der Waals surface area (Å²) in [5.41, 5.74) is 0. The quantitative estimate of drug-likeness (QED) is 0.830. The van der Waals surface area contributed by atoms with Gasteiger partial charge in [0.15, 0.2) is 6.61 Å². The molecule has 0 unspecified atom stereocenters. The van der Waals surface area contributed by atoms with Crippen LogP contribution in [0.25, 0.3) is 0 Å². The third-order valence-corrected chi connectivity index (χ3v) is 2.67. The summed E-state index contributed by atoms with van der Waals surface area (Å²) in [6, 6.07) is 5.48. The third-order valence-electron chi connectivity index (χ3n) is 2.42. The number of carbonyl (C=O) groups is 2. The first kappa shape index (κ1) is 15.3. The lowest BCUT2D eigenvalue weighted by molar-refractivity contribution is -0.309. The molecule has 1 amide bonds. The number of nitrogens with one attached hydrogen (secondary N) is 1. The van der Waals surface area contributed by atoms with Crippen molar-refractivity contribution in [2.75, 3.05) is 6.61 Å². The zero-order chi connectivity index (χ0) is 14.4. The van der Waals surface area contributed by atoms with Crippen LogP contribution >= 0.6 is 11.6 Å². The minimum Gasteiger partial charge on any atom is -0.548 e. The molecule has 1 N–H and O–H groups in total. The maximum Gasteiger partial charge on any atom is 0.258 e. The molecule has 1 aromatic rings. The van der Waals surface area contributed by atoms with Crippen LogP contribution in [0.3, 0.4) is 0 Å². The SMILES string of the molecule is CC(C)[C@H](NC(=O)COc1ccc(Cl)cc1)C(=O)[O-]. The number of ether oxygens (including phenoxy) is 1. The average Bonchev–Trinajstić information content (AvgIpc) is 2.34. The highest BCUT2D eigenvalue weighted by Crippen LogP contribution is 2.15. The molecular formula is C13H15ClNO4-. The van der Waals surface area contributed by atoms with E-state index in [1.807, 2.05) is 0 Å². The molecule has 0 aromatic heterocycles. The molecule has 0 aliphatic rings. The van der Waals surface area contributed by atoms with E-state index in [9.17, 15) is 14.7 Å². The molecule has 0 saturated carbocycles. The molecule has 0 aliphatic carbocycles. The van der Waals surface area contributed by atoms with Gasteiger partial charge in [0.05, 0.1) is 12.0 Å². The van der Waals surface area contributed by atoms with Gasteiger partial charge in [-0.3, -0.25) is 4.79 Å². The van der Waals surface area contributed by atoms with Gasteiger partial charge in [0.2, 0.25) is 0 Å². The number of rotatable bonds is 6. The van der Waals surface area contributed by atoms with Gasteiger partial charge in [-0.15, -0.1) is 0 Å². The fraction of sp³-hybridized carbons (Fsp3) is 0.385. The summed E-state index contributed by atoms with van der Waals surface area (Å²) in [7, 11) is 0. The van der Waals surface area contributed by atoms with Gasteiger partial charge in [0.25, 0.3) is 5.91 Å². The molecule has 104 valence electrons. The van der Waals surface area contributed by atoms with Crippen molar-refractivity contribution >= 4 is 23.5 Å². The van der Waals surface area contributed by atoms with Crippen molar-refractivity contribution in [3.05, 3.63) is 29.3 Å². The molecule has 19 heavy (non-hydrogen) atoms. The van der Waals surface area contributed by atoms with E-state index in [0.29, 0.717) is 10.8 Å². The van der Waals surface area contributed by atoms with E-state index in [4.69, 9.17) is 16.3 Å². The lowest BCUT2D eigenvalue weighted by Gasteiger charge is -2.23. The number of hydrogen-bond acceptors (Lipinski definition) is 4. The molecule has 6 heteroatoms. The molecule has 0 fully saturated rings. The first-order chi connectivity index (χ1) is 8.90. The van der Waals surface area contributed by atoms with Crippen molar-refractivity contribution in [3.8, 4) is 5.75 Å². The van der Waals surface area contributed by atoms with Gasteiger partial charge in [-0.25, -0.2) is 0 Å². The van der Waals surface area contributed by atoms with Crippen LogP contribution in [0.2, 0.25) is 5.02 Å². The van der Waals surface area contributed by atoms with E-state index in [-0.39, 0.29) is 12.5 Å². The van der Waals surface area contributed by atoms with Crippen molar-refractivity contribution < 1.29 is 19.4 Å². The van der Waals surface area contributed by atoms with Gasteiger partial charge in [0.1, 0.15) is 5.75 Å². The van der Waals surface area contributed by atoms with Gasteiger partial charge in [-0.05, 0) is 30.2 Å². The number of carbonyl (C=O) groups excluding carboxylic acids is 2. The normalized spacial score (nSPS) is 12.0. The van der Waals surface area contributed by atoms with E-state index in [2.05, 4.69) is 5.32 Å². The molecule has 0 radical (unpaired) electrons. The molecular weight excluding hydrogens is 270 g/mol. The molecule has 0 spiro atoms. The first-order valence-electron chi connectivity index (χ1n) is 5.78. The van der Waals surface area contributed by atoms with Crippen LogP contribution in [0.5, 0.6) is 5.75 Å². The number of carboxylic acid groups (broad SMARTS) is 1. The van der Waals surface area contributed by atoms with Crippen LogP contribution in [0, 0.1) is 5.92 Å². The predicted octanol–water partition coefficient (Wildman–Crippen LogP) is 0.609. The van der Waals surface area contributed by atoms with Crippen molar-refractivity contribution in [2.24, 2.45) is 5.92 Å². The standard InChI is InChI=1S/C13H16ClNO4/c1-8(2)12(13(17)18)15-11(16)7-19-10-5-3-9(14)4-6-10/h3-6,8,12H,7H2,1-2H3,(H,15,16)(H,17,18)/p-1/t12-/m0/s1. The fourth-order valence-electron chi connectivity index (χ4n) is 1.39. The molecule has 0 heterocycles. The Hall–Kier alpha value is -1.75. The van der Waals surface area contributed by atoms with E-state index in [1.54, 1.807) is 38.1 Å². The van der Waals surface area contributed by atoms with Crippen LogP contribution in [-0.4, -0.2) is 24.5 Å². The van der Waals surface area contributed by atoms with Gasteiger partial charge in [0, 0.05) is 5.02 Å². The molecule has 1 atom stereocenters. The summed E-state index contributed by atoms with van der Waals surface area (Å²) in [4.78, 5) is 22.4. The second-order valence-electron chi connectivity index (χ2n) is 4.35. The third kappa shape index (κ3) is 5.18. The smallest absolute Gasteiger partial charge is 0.258 e. The summed E-state index contributed by atoms with van der Waals surface area (Å²) < 4.78 is 5.20. The zero-order valence-electron chi connectivity index (χ0n) is 10.7. The van der Waals surface area contributed by atoms with E-state index in [0.717, 1.165) is 0 Å². The van der Waals surface area contributed by atoms with E-state index >= 15 is 0 Å². The number of hydrogen-bond donors (Lipinski definition) is 1. The van der Waals surface area contributed by atoms with Crippen LogP contribution < -0.4 is 15.2 Å². The Balaban J connectivity index is 2.47. The summed E-state index contributed by atoms with van der Waals surface area (Å²) in [5.74, 6) is -1.61.